The molecule has 1 atom stereocenters. The maximum atomic E-state index is 13.5. The number of halogens is 2. The van der Waals surface area contributed by atoms with Gasteiger partial charge in [-0.15, -0.1) is 0 Å². The first-order valence-corrected chi connectivity index (χ1v) is 9.88. The molecule has 1 unspecified atom stereocenters. The lowest BCUT2D eigenvalue weighted by Gasteiger charge is -2.26. The van der Waals surface area contributed by atoms with Crippen molar-refractivity contribution in [1.82, 2.24) is 0 Å². The van der Waals surface area contributed by atoms with Crippen molar-refractivity contribution in [3.63, 3.8) is 0 Å². The first kappa shape index (κ1) is 18.5. The summed E-state index contributed by atoms with van der Waals surface area (Å²) < 4.78 is 51.4. The van der Waals surface area contributed by atoms with Gasteiger partial charge in [-0.25, -0.2) is 12.8 Å². The van der Waals surface area contributed by atoms with Crippen LogP contribution in [0.5, 0.6) is 0 Å². The monoisotopic (exact) mass is 355 g/mol. The summed E-state index contributed by atoms with van der Waals surface area (Å²) in [5, 5.41) is -0.0286. The van der Waals surface area contributed by atoms with Crippen LogP contribution in [0.25, 0.3) is 0 Å². The molecule has 0 aliphatic heterocycles. The van der Waals surface area contributed by atoms with E-state index in [9.17, 15) is 17.4 Å². The van der Waals surface area contributed by atoms with Crippen LogP contribution in [0, 0.1) is 12.7 Å². The molecule has 0 fully saturated rings. The van der Waals surface area contributed by atoms with Gasteiger partial charge < -0.3 is 4.55 Å². The molecule has 0 saturated carbocycles. The maximum Gasteiger partial charge on any atom is 0.273 e. The fourth-order valence-corrected chi connectivity index (χ4v) is 5.59. The van der Waals surface area contributed by atoms with Gasteiger partial charge in [0.1, 0.15) is 17.3 Å². The molecule has 1 aromatic rings. The minimum Gasteiger partial charge on any atom is -0.592 e. The van der Waals surface area contributed by atoms with E-state index in [0.29, 0.717) is 12.8 Å². The third-order valence-electron chi connectivity index (χ3n) is 2.78. The lowest BCUT2D eigenvalue weighted by molar-refractivity contribution is 0.581. The average Bonchev–Trinajstić information content (AvgIpc) is 2.39. The van der Waals surface area contributed by atoms with Crippen LogP contribution in [0.15, 0.2) is 12.1 Å². The highest BCUT2D eigenvalue weighted by atomic mass is 35.5. The number of benzene rings is 1. The summed E-state index contributed by atoms with van der Waals surface area (Å²) in [6.07, 6.45) is 0.947. The Morgan fingerprint density at radius 3 is 2.48 bits per heavy atom. The summed E-state index contributed by atoms with van der Waals surface area (Å²) in [6.45, 7) is 4.98. The van der Waals surface area contributed by atoms with E-state index in [1.54, 1.807) is 13.8 Å². The fraction of sp³-hybridized carbons (Fsp3) is 0.538. The minimum absolute atomic E-state index is 0.0286. The van der Waals surface area contributed by atoms with Gasteiger partial charge in [0.05, 0.1) is 22.1 Å². The maximum absolute atomic E-state index is 13.5. The van der Waals surface area contributed by atoms with E-state index in [-0.39, 0.29) is 27.8 Å². The van der Waals surface area contributed by atoms with Crippen LogP contribution in [-0.2, 0) is 21.4 Å². The third kappa shape index (κ3) is 4.25. The molecule has 21 heavy (non-hydrogen) atoms. The van der Waals surface area contributed by atoms with Crippen LogP contribution in [0.4, 0.5) is 10.1 Å². The predicted octanol–water partition coefficient (Wildman–Crippen LogP) is 3.41. The molecule has 4 nitrogen and oxygen atoms in total. The van der Waals surface area contributed by atoms with Gasteiger partial charge in [-0.2, -0.15) is 0 Å². The van der Waals surface area contributed by atoms with Gasteiger partial charge in [0.25, 0.3) is 10.0 Å². The van der Waals surface area contributed by atoms with E-state index < -0.39 is 27.2 Å². The molecule has 0 aliphatic carbocycles. The molecule has 1 aromatic carbocycles. The van der Waals surface area contributed by atoms with Crippen molar-refractivity contribution in [2.45, 2.75) is 33.6 Å². The van der Waals surface area contributed by atoms with Crippen LogP contribution in [-0.4, -0.2) is 24.5 Å². The summed E-state index contributed by atoms with van der Waals surface area (Å²) in [6, 6.07) is 2.39. The highest BCUT2D eigenvalue weighted by Gasteiger charge is 2.34. The molecular formula is C13H19ClFNO3S2. The SMILES string of the molecule is CCC[S+]([O-])N(c1ccc(F)c(C)c1Cl)S(=O)(=O)CCC. The molecule has 0 amide bonds. The number of rotatable bonds is 7. The van der Waals surface area contributed by atoms with Gasteiger partial charge in [0.2, 0.25) is 0 Å². The third-order valence-corrected chi connectivity index (χ3v) is 7.38. The first-order valence-electron chi connectivity index (χ1n) is 6.62. The molecule has 0 aromatic heterocycles. The Morgan fingerprint density at radius 2 is 1.95 bits per heavy atom. The summed E-state index contributed by atoms with van der Waals surface area (Å²) in [5.74, 6) is -0.483. The molecule has 0 N–H and O–H groups in total. The van der Waals surface area contributed by atoms with Gasteiger partial charge in [0.15, 0.2) is 0 Å². The number of nitrogens with zero attached hydrogens (tertiary/aromatic N) is 1. The van der Waals surface area contributed by atoms with Gasteiger partial charge in [-0.3, -0.25) is 0 Å². The van der Waals surface area contributed by atoms with Crippen LogP contribution < -0.4 is 3.71 Å². The van der Waals surface area contributed by atoms with Gasteiger partial charge in [-0.05, 0) is 31.9 Å². The van der Waals surface area contributed by atoms with E-state index in [1.165, 1.54) is 13.0 Å². The lowest BCUT2D eigenvalue weighted by atomic mass is 10.2. The second kappa shape index (κ2) is 7.67. The largest absolute Gasteiger partial charge is 0.592 e. The van der Waals surface area contributed by atoms with Crippen molar-refractivity contribution < 1.29 is 17.4 Å². The molecule has 1 rings (SSSR count). The van der Waals surface area contributed by atoms with Gasteiger partial charge in [0, 0.05) is 5.56 Å². The Hall–Kier alpha value is -0.500. The standard InChI is InChI=1S/C13H19ClFNO3S2/c1-4-8-20(17)16(21(18,19)9-5-2)12-7-6-11(15)10(3)13(12)14/h6-7H,4-5,8-9H2,1-3H3. The van der Waals surface area contributed by atoms with Crippen molar-refractivity contribution in [3.8, 4) is 0 Å². The highest BCUT2D eigenvalue weighted by molar-refractivity contribution is 8.10. The Bertz CT molecular complexity index is 595. The topological polar surface area (TPSA) is 60.4 Å². The molecule has 0 radical (unpaired) electrons. The normalized spacial score (nSPS) is 13.2. The Balaban J connectivity index is 3.41. The van der Waals surface area contributed by atoms with Crippen LogP contribution in [0.3, 0.4) is 0 Å². The zero-order valence-corrected chi connectivity index (χ0v) is 14.6. The lowest BCUT2D eigenvalue weighted by Crippen LogP contribution is -2.40. The van der Waals surface area contributed by atoms with Gasteiger partial charge in [-0.1, -0.05) is 29.2 Å². The van der Waals surface area contributed by atoms with Crippen LogP contribution in [0.1, 0.15) is 32.3 Å². The summed E-state index contributed by atoms with van der Waals surface area (Å²) >= 11 is 4.30. The molecule has 0 spiro atoms. The van der Waals surface area contributed by atoms with Crippen LogP contribution >= 0.6 is 11.6 Å². The van der Waals surface area contributed by atoms with Crippen molar-refractivity contribution in [2.75, 3.05) is 15.2 Å². The van der Waals surface area contributed by atoms with Crippen molar-refractivity contribution in [3.05, 3.63) is 28.5 Å². The van der Waals surface area contributed by atoms with E-state index in [4.69, 9.17) is 11.6 Å². The van der Waals surface area contributed by atoms with Crippen molar-refractivity contribution in [2.24, 2.45) is 0 Å². The number of sulfonamides is 1. The zero-order valence-electron chi connectivity index (χ0n) is 12.2. The zero-order chi connectivity index (χ0) is 16.2. The first-order chi connectivity index (χ1) is 9.76. The Kier molecular flexibility index (Phi) is 6.77. The predicted molar refractivity (Wildman–Crippen MR) is 86.0 cm³/mol. The van der Waals surface area contributed by atoms with E-state index in [1.807, 2.05) is 0 Å². The summed E-state index contributed by atoms with van der Waals surface area (Å²) in [5.41, 5.74) is 0.204. The highest BCUT2D eigenvalue weighted by Crippen LogP contribution is 2.34. The number of anilines is 1. The molecule has 0 aliphatic rings. The van der Waals surface area contributed by atoms with Crippen LogP contribution in [0.2, 0.25) is 5.02 Å². The minimum atomic E-state index is -3.77. The molecular weight excluding hydrogens is 337 g/mol. The summed E-state index contributed by atoms with van der Waals surface area (Å²) in [7, 11) is -3.77. The Labute approximate surface area is 133 Å². The van der Waals surface area contributed by atoms with E-state index in [0.717, 1.165) is 9.78 Å². The molecule has 0 heterocycles. The second-order valence-electron chi connectivity index (χ2n) is 4.57. The quantitative estimate of drug-likeness (QED) is 0.704. The second-order valence-corrected chi connectivity index (χ2v) is 8.54. The Morgan fingerprint density at radius 1 is 1.33 bits per heavy atom. The smallest absolute Gasteiger partial charge is 0.273 e. The summed E-state index contributed by atoms with van der Waals surface area (Å²) in [4.78, 5) is 0. The average molecular weight is 356 g/mol. The number of hydrogen-bond donors (Lipinski definition) is 0. The molecule has 0 bridgehead atoms. The fourth-order valence-electron chi connectivity index (χ4n) is 1.77. The molecule has 0 saturated heterocycles. The number of hydrogen-bond acceptors (Lipinski definition) is 3. The van der Waals surface area contributed by atoms with E-state index >= 15 is 0 Å². The van der Waals surface area contributed by atoms with Crippen molar-refractivity contribution in [1.29, 1.82) is 0 Å². The van der Waals surface area contributed by atoms with Crippen molar-refractivity contribution >= 4 is 38.7 Å². The molecule has 8 heteroatoms. The van der Waals surface area contributed by atoms with E-state index in [2.05, 4.69) is 0 Å². The van der Waals surface area contributed by atoms with Gasteiger partial charge >= 0.3 is 0 Å². The molecule has 120 valence electrons.